The molecule has 0 bridgehead atoms. The number of benzene rings is 4. The third-order valence-electron chi connectivity index (χ3n) is 9.11. The Labute approximate surface area is 296 Å². The van der Waals surface area contributed by atoms with E-state index in [2.05, 4.69) is 22.0 Å². The van der Waals surface area contributed by atoms with Crippen molar-refractivity contribution in [1.82, 2.24) is 19.7 Å². The smallest absolute Gasteiger partial charge is 0.338 e. The van der Waals surface area contributed by atoms with Gasteiger partial charge in [0.1, 0.15) is 6.04 Å². The van der Waals surface area contributed by atoms with E-state index in [1.807, 2.05) is 89.8 Å². The zero-order valence-corrected chi connectivity index (χ0v) is 28.1. The number of piperazine rings is 1. The highest BCUT2D eigenvalue weighted by Gasteiger charge is 2.34. The van der Waals surface area contributed by atoms with Crippen molar-refractivity contribution >= 4 is 17.9 Å². The van der Waals surface area contributed by atoms with Gasteiger partial charge < -0.3 is 9.80 Å². The van der Waals surface area contributed by atoms with Crippen LogP contribution in [0.25, 0.3) is 17.2 Å². The molecule has 1 saturated heterocycles. The summed E-state index contributed by atoms with van der Waals surface area (Å²) in [5.74, 6) is -0.551. The normalized spacial score (nSPS) is 14.4. The van der Waals surface area contributed by atoms with E-state index in [1.54, 1.807) is 17.3 Å². The minimum Gasteiger partial charge on any atom is -0.338 e. The van der Waals surface area contributed by atoms with Gasteiger partial charge in [0.05, 0.1) is 5.56 Å². The number of hydrogen-bond donors (Lipinski definition) is 0. The molecule has 1 aliphatic heterocycles. The first kappa shape index (κ1) is 35.3. The number of rotatable bonds is 11. The van der Waals surface area contributed by atoms with Crippen LogP contribution < -0.4 is 0 Å². The lowest BCUT2D eigenvalue weighted by atomic mass is 10.0. The lowest BCUT2D eigenvalue weighted by molar-refractivity contribution is -0.145. The number of nitrogens with zero attached hydrogens (tertiary/aromatic N) is 4. The van der Waals surface area contributed by atoms with Gasteiger partial charge in [0.15, 0.2) is 0 Å². The van der Waals surface area contributed by atoms with E-state index in [4.69, 9.17) is 0 Å². The van der Waals surface area contributed by atoms with E-state index in [0.717, 1.165) is 40.9 Å². The van der Waals surface area contributed by atoms with Gasteiger partial charge in [-0.05, 0) is 57.7 Å². The Hall–Kier alpha value is -5.54. The second kappa shape index (κ2) is 16.4. The summed E-state index contributed by atoms with van der Waals surface area (Å²) in [5.41, 5.74) is 4.56. The first-order valence-electron chi connectivity index (χ1n) is 17.0. The molecule has 6 rings (SSSR count). The predicted octanol–water partition coefficient (Wildman–Crippen LogP) is 7.77. The van der Waals surface area contributed by atoms with Gasteiger partial charge in [0.2, 0.25) is 11.8 Å². The number of hydrogen-bond acceptors (Lipinski definition) is 4. The molecule has 0 unspecified atom stereocenters. The molecule has 9 heteroatoms. The fourth-order valence-corrected chi connectivity index (χ4v) is 6.27. The van der Waals surface area contributed by atoms with Crippen LogP contribution in [0.5, 0.6) is 0 Å². The Kier molecular flexibility index (Phi) is 11.4. The van der Waals surface area contributed by atoms with Gasteiger partial charge >= 0.3 is 6.18 Å². The topological polar surface area (TPSA) is 56.8 Å². The summed E-state index contributed by atoms with van der Waals surface area (Å²) in [5, 5.41) is 0. The van der Waals surface area contributed by atoms with Crippen molar-refractivity contribution in [2.24, 2.45) is 0 Å². The highest BCUT2D eigenvalue weighted by Crippen LogP contribution is 2.29. The zero-order chi connectivity index (χ0) is 35.6. The molecule has 0 aliphatic carbocycles. The minimum atomic E-state index is -4.46. The number of halogens is 3. The first-order valence-corrected chi connectivity index (χ1v) is 17.0. The van der Waals surface area contributed by atoms with E-state index in [1.165, 1.54) is 29.8 Å². The molecule has 5 aromatic rings. The van der Waals surface area contributed by atoms with Gasteiger partial charge in [0.25, 0.3) is 0 Å². The largest absolute Gasteiger partial charge is 0.416 e. The number of aromatic nitrogens is 1. The van der Waals surface area contributed by atoms with E-state index >= 15 is 0 Å². The molecule has 260 valence electrons. The molecule has 51 heavy (non-hydrogen) atoms. The number of amides is 2. The van der Waals surface area contributed by atoms with Crippen molar-refractivity contribution in [3.63, 3.8) is 0 Å². The average molecular weight is 689 g/mol. The van der Waals surface area contributed by atoms with E-state index in [0.29, 0.717) is 38.2 Å². The monoisotopic (exact) mass is 688 g/mol. The second-order valence-electron chi connectivity index (χ2n) is 12.7. The van der Waals surface area contributed by atoms with E-state index in [9.17, 15) is 22.8 Å². The van der Waals surface area contributed by atoms with E-state index in [-0.39, 0.29) is 12.5 Å². The van der Waals surface area contributed by atoms with Crippen molar-refractivity contribution in [3.8, 4) is 11.1 Å². The van der Waals surface area contributed by atoms with Gasteiger partial charge in [-0.25, -0.2) is 0 Å². The molecule has 0 saturated carbocycles. The lowest BCUT2D eigenvalue weighted by Gasteiger charge is -2.39. The zero-order valence-electron chi connectivity index (χ0n) is 28.1. The van der Waals surface area contributed by atoms with Crippen LogP contribution in [0.4, 0.5) is 13.2 Å². The van der Waals surface area contributed by atoms with Crippen LogP contribution in [0.15, 0.2) is 140 Å². The van der Waals surface area contributed by atoms with Gasteiger partial charge in [-0.2, -0.15) is 13.2 Å². The number of carbonyl (C=O) groups is 2. The van der Waals surface area contributed by atoms with Gasteiger partial charge in [-0.3, -0.25) is 19.5 Å². The Morgan fingerprint density at radius 3 is 1.98 bits per heavy atom. The maximum Gasteiger partial charge on any atom is 0.416 e. The number of carbonyl (C=O) groups excluding carboxylic acids is 2. The van der Waals surface area contributed by atoms with Crippen LogP contribution in [-0.2, 0) is 35.3 Å². The van der Waals surface area contributed by atoms with Crippen LogP contribution >= 0.6 is 0 Å². The Morgan fingerprint density at radius 2 is 1.37 bits per heavy atom. The highest BCUT2D eigenvalue weighted by molar-refractivity contribution is 5.95. The van der Waals surface area contributed by atoms with Crippen LogP contribution in [-0.4, -0.2) is 63.7 Å². The molecule has 0 N–H and O–H groups in total. The maximum atomic E-state index is 14.5. The summed E-state index contributed by atoms with van der Waals surface area (Å²) in [6.45, 7) is 3.42. The molecular formula is C42H39F3N4O2. The molecule has 2 amide bonds. The summed E-state index contributed by atoms with van der Waals surface area (Å²) in [4.78, 5) is 38.7. The second-order valence-corrected chi connectivity index (χ2v) is 12.7. The van der Waals surface area contributed by atoms with Crippen molar-refractivity contribution in [1.29, 1.82) is 0 Å². The lowest BCUT2D eigenvalue weighted by Crippen LogP contribution is -2.56. The molecule has 1 fully saturated rings. The third kappa shape index (κ3) is 9.58. The molecule has 2 heterocycles. The van der Waals surface area contributed by atoms with Crippen molar-refractivity contribution in [3.05, 3.63) is 168 Å². The van der Waals surface area contributed by atoms with Gasteiger partial charge in [-0.15, -0.1) is 0 Å². The molecule has 1 atom stereocenters. The summed E-state index contributed by atoms with van der Waals surface area (Å²) in [6.07, 6.45) is 2.18. The summed E-state index contributed by atoms with van der Waals surface area (Å²) in [7, 11) is 0. The molecule has 1 aliphatic rings. The molecule has 1 aromatic heterocycles. The predicted molar refractivity (Wildman–Crippen MR) is 193 cm³/mol. The van der Waals surface area contributed by atoms with Gasteiger partial charge in [0, 0.05) is 64.2 Å². The quantitative estimate of drug-likeness (QED) is 0.133. The summed E-state index contributed by atoms with van der Waals surface area (Å²) < 4.78 is 39.5. The van der Waals surface area contributed by atoms with Crippen molar-refractivity contribution < 1.29 is 22.8 Å². The molecule has 0 radical (unpaired) electrons. The number of alkyl halides is 3. The molecular weight excluding hydrogens is 649 g/mol. The van der Waals surface area contributed by atoms with Crippen LogP contribution in [0.2, 0.25) is 0 Å². The van der Waals surface area contributed by atoms with Crippen molar-refractivity contribution in [2.45, 2.75) is 31.7 Å². The summed E-state index contributed by atoms with van der Waals surface area (Å²) >= 11 is 0. The Bertz CT molecular complexity index is 1890. The third-order valence-corrected chi connectivity index (χ3v) is 9.11. The fourth-order valence-electron chi connectivity index (χ4n) is 6.27. The summed E-state index contributed by atoms with van der Waals surface area (Å²) in [6, 6.07) is 35.3. The Balaban J connectivity index is 1.28. The number of pyridine rings is 1. The maximum absolute atomic E-state index is 14.5. The van der Waals surface area contributed by atoms with Crippen LogP contribution in [0, 0.1) is 0 Å². The molecule has 6 nitrogen and oxygen atoms in total. The van der Waals surface area contributed by atoms with Crippen LogP contribution in [0.1, 0.15) is 27.8 Å². The standard InChI is InChI=1S/C42H39F3N4O2/c43-42(44,45)38-20-15-32(16-21-38)17-22-40(50)49(31-35-13-18-36(19-14-35)37-12-7-23-46-29-37)39(28-33-8-3-1-4-9-33)41(51)48-26-24-47(25-27-48)30-34-10-5-2-6-11-34/h1-23,29,39H,24-28,30-31H2/t39-/m0/s1. The first-order chi connectivity index (χ1) is 24.7. The fraction of sp³-hybridized carbons (Fsp3) is 0.214. The highest BCUT2D eigenvalue weighted by atomic mass is 19.4. The molecule has 4 aromatic carbocycles. The van der Waals surface area contributed by atoms with Crippen LogP contribution in [0.3, 0.4) is 0 Å². The Morgan fingerprint density at radius 1 is 0.725 bits per heavy atom. The average Bonchev–Trinajstić information content (AvgIpc) is 3.16. The van der Waals surface area contributed by atoms with Crippen molar-refractivity contribution in [2.75, 3.05) is 26.2 Å². The SMILES string of the molecule is O=C([C@H](Cc1ccccc1)N(Cc1ccc(-c2cccnc2)cc1)C(=O)C=Cc1ccc(C(F)(F)F)cc1)N1CCN(Cc2ccccc2)CC1. The molecule has 0 spiro atoms. The van der Waals surface area contributed by atoms with Gasteiger partial charge in [-0.1, -0.05) is 103 Å². The minimum absolute atomic E-state index is 0.138. The van der Waals surface area contributed by atoms with E-state index < -0.39 is 23.7 Å².